The second-order valence-corrected chi connectivity index (χ2v) is 5.75. The minimum Gasteiger partial charge on any atom is -0.375 e. The van der Waals surface area contributed by atoms with Gasteiger partial charge in [-0.3, -0.25) is 0 Å². The molecule has 18 heavy (non-hydrogen) atoms. The molecule has 0 atom stereocenters. The van der Waals surface area contributed by atoms with E-state index in [0.717, 1.165) is 19.7 Å². The van der Waals surface area contributed by atoms with Crippen LogP contribution in [0.3, 0.4) is 0 Å². The summed E-state index contributed by atoms with van der Waals surface area (Å²) in [5.41, 5.74) is 4.42. The molecule has 0 unspecified atom stereocenters. The van der Waals surface area contributed by atoms with E-state index in [2.05, 4.69) is 37.4 Å². The summed E-state index contributed by atoms with van der Waals surface area (Å²) in [6.45, 7) is 8.90. The van der Waals surface area contributed by atoms with Gasteiger partial charge in [-0.1, -0.05) is 18.2 Å². The van der Waals surface area contributed by atoms with Crippen LogP contribution in [-0.4, -0.2) is 18.8 Å². The van der Waals surface area contributed by atoms with E-state index in [9.17, 15) is 0 Å². The van der Waals surface area contributed by atoms with Gasteiger partial charge in [0.1, 0.15) is 0 Å². The first-order chi connectivity index (χ1) is 8.61. The molecule has 0 bridgehead atoms. The number of hydrogen-bond acceptors (Lipinski definition) is 2. The highest BCUT2D eigenvalue weighted by atomic mass is 16.5. The monoisotopic (exact) mass is 247 g/mol. The zero-order valence-electron chi connectivity index (χ0n) is 11.9. The smallest absolute Gasteiger partial charge is 0.0750 e. The molecule has 2 nitrogen and oxygen atoms in total. The van der Waals surface area contributed by atoms with E-state index < -0.39 is 0 Å². The topological polar surface area (TPSA) is 21.3 Å². The largest absolute Gasteiger partial charge is 0.375 e. The highest BCUT2D eigenvalue weighted by Gasteiger charge is 2.16. The number of nitrogens with one attached hydrogen (secondary N) is 1. The minimum absolute atomic E-state index is 0.0779. The Labute approximate surface area is 111 Å². The van der Waals surface area contributed by atoms with Crippen LogP contribution < -0.4 is 5.32 Å². The van der Waals surface area contributed by atoms with Gasteiger partial charge in [-0.15, -0.1) is 0 Å². The summed E-state index contributed by atoms with van der Waals surface area (Å²) in [5, 5.41) is 3.49. The van der Waals surface area contributed by atoms with Crippen LogP contribution in [0.2, 0.25) is 0 Å². The number of benzene rings is 1. The summed E-state index contributed by atoms with van der Waals surface area (Å²) in [4.78, 5) is 0. The number of rotatable bonds is 6. The van der Waals surface area contributed by atoms with Crippen LogP contribution >= 0.6 is 0 Å². The van der Waals surface area contributed by atoms with E-state index in [0.29, 0.717) is 0 Å². The van der Waals surface area contributed by atoms with Gasteiger partial charge in [0.2, 0.25) is 0 Å². The third-order valence-electron chi connectivity index (χ3n) is 3.58. The summed E-state index contributed by atoms with van der Waals surface area (Å²) in [6.07, 6.45) is 3.84. The first-order valence-corrected chi connectivity index (χ1v) is 7.06. The van der Waals surface area contributed by atoms with E-state index in [1.807, 2.05) is 6.92 Å². The van der Waals surface area contributed by atoms with Crippen molar-refractivity contribution in [2.75, 3.05) is 13.2 Å². The van der Waals surface area contributed by atoms with Crippen LogP contribution in [0.15, 0.2) is 18.2 Å². The molecule has 0 aromatic heterocycles. The highest BCUT2D eigenvalue weighted by molar-refractivity contribution is 5.35. The van der Waals surface area contributed by atoms with Gasteiger partial charge < -0.3 is 10.1 Å². The summed E-state index contributed by atoms with van der Waals surface area (Å²) in [7, 11) is 0. The maximum Gasteiger partial charge on any atom is 0.0750 e. The second-order valence-electron chi connectivity index (χ2n) is 5.75. The molecule has 2 heteroatoms. The lowest BCUT2D eigenvalue weighted by atomic mass is 10.1. The van der Waals surface area contributed by atoms with E-state index in [1.54, 1.807) is 11.1 Å². The second kappa shape index (κ2) is 5.85. The van der Waals surface area contributed by atoms with Crippen molar-refractivity contribution in [3.63, 3.8) is 0 Å². The normalized spacial score (nSPS) is 14.8. The molecule has 0 aliphatic heterocycles. The Morgan fingerprint density at radius 2 is 2.00 bits per heavy atom. The molecule has 0 heterocycles. The standard InChI is InChI=1S/C16H25NO/c1-4-18-16(2,3)12-17-11-13-8-9-14-6-5-7-15(14)10-13/h8-10,17H,4-7,11-12H2,1-3H3. The molecule has 100 valence electrons. The van der Waals surface area contributed by atoms with Gasteiger partial charge in [-0.25, -0.2) is 0 Å². The lowest BCUT2D eigenvalue weighted by molar-refractivity contribution is -0.00897. The van der Waals surface area contributed by atoms with Crippen molar-refractivity contribution in [1.29, 1.82) is 0 Å². The number of hydrogen-bond donors (Lipinski definition) is 1. The molecule has 0 radical (unpaired) electrons. The van der Waals surface area contributed by atoms with Gasteiger partial charge in [0.05, 0.1) is 5.60 Å². The first kappa shape index (κ1) is 13.6. The molecule has 1 N–H and O–H groups in total. The van der Waals surface area contributed by atoms with Crippen molar-refractivity contribution in [1.82, 2.24) is 5.32 Å². The fourth-order valence-electron chi connectivity index (χ4n) is 2.68. The van der Waals surface area contributed by atoms with Crippen molar-refractivity contribution in [2.45, 2.75) is 52.2 Å². The van der Waals surface area contributed by atoms with Crippen LogP contribution in [0.25, 0.3) is 0 Å². The summed E-state index contributed by atoms with van der Waals surface area (Å²) in [6, 6.07) is 6.92. The average molecular weight is 247 g/mol. The average Bonchev–Trinajstić information content (AvgIpc) is 2.75. The quantitative estimate of drug-likeness (QED) is 0.834. The Kier molecular flexibility index (Phi) is 4.41. The molecule has 0 spiro atoms. The van der Waals surface area contributed by atoms with Crippen molar-refractivity contribution in [3.05, 3.63) is 34.9 Å². The molecule has 1 aromatic carbocycles. The van der Waals surface area contributed by atoms with Crippen molar-refractivity contribution in [3.8, 4) is 0 Å². The van der Waals surface area contributed by atoms with Crippen molar-refractivity contribution in [2.24, 2.45) is 0 Å². The SMILES string of the molecule is CCOC(C)(C)CNCc1ccc2c(c1)CCC2. The maximum absolute atomic E-state index is 5.68. The van der Waals surface area contributed by atoms with Crippen molar-refractivity contribution >= 4 is 0 Å². The van der Waals surface area contributed by atoms with Gasteiger partial charge in [-0.05, 0) is 56.7 Å². The predicted octanol–water partition coefficient (Wildman–Crippen LogP) is 3.08. The molecule has 0 amide bonds. The van der Waals surface area contributed by atoms with Gasteiger partial charge in [0, 0.05) is 19.7 Å². The van der Waals surface area contributed by atoms with Gasteiger partial charge in [0.25, 0.3) is 0 Å². The van der Waals surface area contributed by atoms with Crippen LogP contribution in [0.1, 0.15) is 43.9 Å². The number of ether oxygens (including phenoxy) is 1. The fourth-order valence-corrected chi connectivity index (χ4v) is 2.68. The van der Waals surface area contributed by atoms with Gasteiger partial charge in [0.15, 0.2) is 0 Å². The fraction of sp³-hybridized carbons (Fsp3) is 0.625. The Morgan fingerprint density at radius 3 is 2.78 bits per heavy atom. The summed E-state index contributed by atoms with van der Waals surface area (Å²) < 4.78 is 5.68. The van der Waals surface area contributed by atoms with Crippen LogP contribution in [0.4, 0.5) is 0 Å². The number of aryl methyl sites for hydroxylation is 2. The third-order valence-corrected chi connectivity index (χ3v) is 3.58. The van der Waals surface area contributed by atoms with Crippen LogP contribution in [0.5, 0.6) is 0 Å². The molecule has 0 saturated carbocycles. The summed E-state index contributed by atoms with van der Waals surface area (Å²) in [5.74, 6) is 0. The Balaban J connectivity index is 1.84. The zero-order chi connectivity index (χ0) is 13.0. The van der Waals surface area contributed by atoms with Gasteiger partial charge >= 0.3 is 0 Å². The Morgan fingerprint density at radius 1 is 1.22 bits per heavy atom. The number of fused-ring (bicyclic) bond motifs is 1. The van der Waals surface area contributed by atoms with E-state index in [4.69, 9.17) is 4.74 Å². The molecule has 0 fully saturated rings. The third kappa shape index (κ3) is 3.56. The zero-order valence-corrected chi connectivity index (χ0v) is 11.9. The first-order valence-electron chi connectivity index (χ1n) is 7.06. The molecule has 2 rings (SSSR count). The van der Waals surface area contributed by atoms with E-state index >= 15 is 0 Å². The molecular weight excluding hydrogens is 222 g/mol. The Hall–Kier alpha value is -0.860. The lowest BCUT2D eigenvalue weighted by Crippen LogP contribution is -2.37. The van der Waals surface area contributed by atoms with Gasteiger partial charge in [-0.2, -0.15) is 0 Å². The molecule has 1 aliphatic carbocycles. The molecule has 1 aliphatic rings. The molecule has 0 saturated heterocycles. The van der Waals surface area contributed by atoms with E-state index in [1.165, 1.54) is 24.8 Å². The minimum atomic E-state index is -0.0779. The molecular formula is C16H25NO. The summed E-state index contributed by atoms with van der Waals surface area (Å²) >= 11 is 0. The van der Waals surface area contributed by atoms with E-state index in [-0.39, 0.29) is 5.60 Å². The maximum atomic E-state index is 5.68. The molecule has 1 aromatic rings. The van der Waals surface area contributed by atoms with Crippen molar-refractivity contribution < 1.29 is 4.74 Å². The van der Waals surface area contributed by atoms with Crippen LogP contribution in [0, 0.1) is 0 Å². The predicted molar refractivity (Wildman–Crippen MR) is 75.9 cm³/mol. The van der Waals surface area contributed by atoms with Crippen LogP contribution in [-0.2, 0) is 24.1 Å². The highest BCUT2D eigenvalue weighted by Crippen LogP contribution is 2.22. The lowest BCUT2D eigenvalue weighted by Gasteiger charge is -2.25. The Bertz CT molecular complexity index is 398.